The molecular weight excluding hydrogens is 452 g/mol. The number of rotatable bonds is 7. The van der Waals surface area contributed by atoms with Gasteiger partial charge in [-0.15, -0.1) is 11.3 Å². The summed E-state index contributed by atoms with van der Waals surface area (Å²) in [4.78, 5) is 27.8. The number of carbonyl (C=O) groups is 2. The maximum atomic E-state index is 13.1. The zero-order chi connectivity index (χ0) is 23.0. The molecule has 0 radical (unpaired) electrons. The molecule has 0 saturated heterocycles. The molecule has 0 atom stereocenters. The summed E-state index contributed by atoms with van der Waals surface area (Å²) in [6, 6.07) is 1.55. The van der Waals surface area contributed by atoms with Crippen LogP contribution in [0.15, 0.2) is 12.1 Å². The van der Waals surface area contributed by atoms with E-state index in [-0.39, 0.29) is 26.3 Å². The van der Waals surface area contributed by atoms with E-state index in [9.17, 15) is 35.9 Å². The molecule has 0 aliphatic heterocycles. The van der Waals surface area contributed by atoms with Gasteiger partial charge in [0, 0.05) is 5.39 Å². The monoisotopic (exact) mass is 465 g/mol. The first-order valence-electron chi connectivity index (χ1n) is 8.45. The normalized spacial score (nSPS) is 11.8. The van der Waals surface area contributed by atoms with E-state index in [0.29, 0.717) is 22.1 Å². The van der Waals surface area contributed by atoms with Crippen LogP contribution >= 0.6 is 11.3 Å². The van der Waals surface area contributed by atoms with E-state index < -0.39 is 54.7 Å². The number of nitrogens with two attached hydrogens (primary N) is 1. The fourth-order valence-corrected chi connectivity index (χ4v) is 3.95. The van der Waals surface area contributed by atoms with Crippen molar-refractivity contribution in [3.8, 4) is 0 Å². The lowest BCUT2D eigenvalue weighted by Crippen LogP contribution is -2.22. The minimum Gasteiger partial charge on any atom is -0.365 e. The standard InChI is InChI=1S/C17H13F6N5O2S/c1-5-2-6(13(18)19)25-17-10(5)11(12(31-17)16(24)30)26-9(29)4-28-8(15(22)23)3-7(27-28)14(20)21/h2-3,13-15H,4H2,1H3,(H2,24,30)(H,26,29). The van der Waals surface area contributed by atoms with Crippen LogP contribution in [-0.2, 0) is 11.3 Å². The fraction of sp³-hybridized carbons (Fsp3) is 0.294. The Kier molecular flexibility index (Phi) is 6.20. The number of halogens is 6. The SMILES string of the molecule is Cc1cc(C(F)F)nc2sc(C(N)=O)c(NC(=O)Cn3nc(C(F)F)cc3C(F)F)c12. The minimum absolute atomic E-state index is 0.00625. The van der Waals surface area contributed by atoms with Crippen LogP contribution in [0, 0.1) is 6.92 Å². The molecule has 7 nitrogen and oxygen atoms in total. The maximum absolute atomic E-state index is 13.1. The van der Waals surface area contributed by atoms with Crippen LogP contribution in [0.4, 0.5) is 32.0 Å². The third-order valence-electron chi connectivity index (χ3n) is 4.16. The number of aromatic nitrogens is 3. The quantitative estimate of drug-likeness (QED) is 0.507. The Bertz CT molecular complexity index is 1160. The van der Waals surface area contributed by atoms with Crippen molar-refractivity contribution < 1.29 is 35.9 Å². The van der Waals surface area contributed by atoms with Crippen LogP contribution in [0.3, 0.4) is 0 Å². The maximum Gasteiger partial charge on any atom is 0.282 e. The van der Waals surface area contributed by atoms with Crippen molar-refractivity contribution in [3.63, 3.8) is 0 Å². The van der Waals surface area contributed by atoms with Crippen LogP contribution < -0.4 is 11.1 Å². The van der Waals surface area contributed by atoms with Crippen LogP contribution in [-0.4, -0.2) is 26.6 Å². The molecule has 0 aliphatic carbocycles. The predicted molar refractivity (Wildman–Crippen MR) is 98.6 cm³/mol. The number of pyridine rings is 1. The average Bonchev–Trinajstić information content (AvgIpc) is 3.24. The highest BCUT2D eigenvalue weighted by Crippen LogP contribution is 2.38. The van der Waals surface area contributed by atoms with E-state index in [4.69, 9.17) is 5.73 Å². The summed E-state index contributed by atoms with van der Waals surface area (Å²) < 4.78 is 78.2. The predicted octanol–water partition coefficient (Wildman–Crippen LogP) is 4.35. The van der Waals surface area contributed by atoms with E-state index >= 15 is 0 Å². The van der Waals surface area contributed by atoms with Gasteiger partial charge in [0.05, 0.1) is 5.69 Å². The van der Waals surface area contributed by atoms with Gasteiger partial charge in [-0.2, -0.15) is 5.10 Å². The van der Waals surface area contributed by atoms with Gasteiger partial charge in [-0.05, 0) is 24.6 Å². The Hall–Kier alpha value is -3.16. The Labute approximate surface area is 173 Å². The van der Waals surface area contributed by atoms with Crippen LogP contribution in [0.2, 0.25) is 0 Å². The number of hydrogen-bond donors (Lipinski definition) is 2. The number of nitrogens with zero attached hydrogens (tertiary/aromatic N) is 3. The lowest BCUT2D eigenvalue weighted by molar-refractivity contribution is -0.117. The second-order valence-corrected chi connectivity index (χ2v) is 7.32. The largest absolute Gasteiger partial charge is 0.365 e. The number of primary amides is 1. The molecule has 0 unspecified atom stereocenters. The van der Waals surface area contributed by atoms with E-state index in [1.165, 1.54) is 6.92 Å². The number of thiophene rings is 1. The van der Waals surface area contributed by atoms with Gasteiger partial charge in [0.1, 0.15) is 33.3 Å². The average molecular weight is 465 g/mol. The number of aryl methyl sites for hydroxylation is 1. The van der Waals surface area contributed by atoms with Gasteiger partial charge in [-0.3, -0.25) is 14.3 Å². The topological polar surface area (TPSA) is 103 Å². The van der Waals surface area contributed by atoms with E-state index in [2.05, 4.69) is 15.4 Å². The lowest BCUT2D eigenvalue weighted by atomic mass is 10.1. The van der Waals surface area contributed by atoms with E-state index in [1.54, 1.807) is 0 Å². The molecule has 0 aliphatic rings. The molecule has 0 aromatic carbocycles. The highest BCUT2D eigenvalue weighted by molar-refractivity contribution is 7.21. The molecule has 0 saturated carbocycles. The molecule has 3 rings (SSSR count). The summed E-state index contributed by atoms with van der Waals surface area (Å²) in [5.41, 5.74) is 3.05. The summed E-state index contributed by atoms with van der Waals surface area (Å²) >= 11 is 0.667. The van der Waals surface area contributed by atoms with Crippen molar-refractivity contribution in [3.05, 3.63) is 39.7 Å². The Morgan fingerprint density at radius 3 is 2.29 bits per heavy atom. The molecular formula is C17H13F6N5O2S. The van der Waals surface area contributed by atoms with E-state index in [1.807, 2.05) is 0 Å². The number of hydrogen-bond acceptors (Lipinski definition) is 5. The first-order chi connectivity index (χ1) is 14.5. The second kappa shape index (κ2) is 8.53. The van der Waals surface area contributed by atoms with E-state index in [0.717, 1.165) is 6.07 Å². The minimum atomic E-state index is -3.17. The van der Waals surface area contributed by atoms with Gasteiger partial charge in [-0.25, -0.2) is 31.3 Å². The molecule has 166 valence electrons. The lowest BCUT2D eigenvalue weighted by Gasteiger charge is -2.10. The van der Waals surface area contributed by atoms with Crippen molar-refractivity contribution in [1.82, 2.24) is 14.8 Å². The number of alkyl halides is 6. The molecule has 14 heteroatoms. The molecule has 2 amide bonds. The summed E-state index contributed by atoms with van der Waals surface area (Å²) in [6.07, 6.45) is -9.17. The Morgan fingerprint density at radius 2 is 1.74 bits per heavy atom. The molecule has 31 heavy (non-hydrogen) atoms. The smallest absolute Gasteiger partial charge is 0.282 e. The summed E-state index contributed by atoms with van der Waals surface area (Å²) in [5, 5.41) is 5.78. The first kappa shape index (κ1) is 22.5. The number of anilines is 1. The van der Waals surface area contributed by atoms with Crippen molar-refractivity contribution in [2.24, 2.45) is 5.73 Å². The van der Waals surface area contributed by atoms with Gasteiger partial charge >= 0.3 is 0 Å². The third kappa shape index (κ3) is 4.47. The molecule has 0 spiro atoms. The van der Waals surface area contributed by atoms with Crippen molar-refractivity contribution in [2.45, 2.75) is 32.7 Å². The number of fused-ring (bicyclic) bond motifs is 1. The zero-order valence-corrected chi connectivity index (χ0v) is 16.3. The zero-order valence-electron chi connectivity index (χ0n) is 15.5. The molecule has 3 heterocycles. The van der Waals surface area contributed by atoms with Crippen molar-refractivity contribution in [2.75, 3.05) is 5.32 Å². The van der Waals surface area contributed by atoms with Gasteiger partial charge in [-0.1, -0.05) is 0 Å². The van der Waals surface area contributed by atoms with Gasteiger partial charge in [0.25, 0.3) is 25.2 Å². The second-order valence-electron chi connectivity index (χ2n) is 6.32. The Morgan fingerprint density at radius 1 is 1.10 bits per heavy atom. The highest BCUT2D eigenvalue weighted by atomic mass is 32.1. The molecule has 3 N–H and O–H groups in total. The summed E-state index contributed by atoms with van der Waals surface area (Å²) in [7, 11) is 0. The number of amides is 2. The van der Waals surface area contributed by atoms with Crippen LogP contribution in [0.25, 0.3) is 10.2 Å². The fourth-order valence-electron chi connectivity index (χ4n) is 2.89. The molecule has 0 fully saturated rings. The van der Waals surface area contributed by atoms with Crippen molar-refractivity contribution >= 4 is 39.1 Å². The van der Waals surface area contributed by atoms with Crippen molar-refractivity contribution in [1.29, 1.82) is 0 Å². The molecule has 0 bridgehead atoms. The summed E-state index contributed by atoms with van der Waals surface area (Å²) in [5.74, 6) is -1.96. The molecule has 3 aromatic rings. The number of carbonyl (C=O) groups excluding carboxylic acids is 2. The third-order valence-corrected chi connectivity index (χ3v) is 5.26. The highest BCUT2D eigenvalue weighted by Gasteiger charge is 2.25. The van der Waals surface area contributed by atoms with Gasteiger partial charge in [0.2, 0.25) is 5.91 Å². The molecule has 3 aromatic heterocycles. The number of nitrogens with one attached hydrogen (secondary N) is 1. The first-order valence-corrected chi connectivity index (χ1v) is 9.27. The van der Waals surface area contributed by atoms with Gasteiger partial charge < -0.3 is 11.1 Å². The van der Waals surface area contributed by atoms with Crippen LogP contribution in [0.5, 0.6) is 0 Å². The Balaban J connectivity index is 1.99. The van der Waals surface area contributed by atoms with Crippen LogP contribution in [0.1, 0.15) is 51.6 Å². The summed E-state index contributed by atoms with van der Waals surface area (Å²) in [6.45, 7) is 0.573. The van der Waals surface area contributed by atoms with Gasteiger partial charge in [0.15, 0.2) is 0 Å².